The fourth-order valence-corrected chi connectivity index (χ4v) is 3.31. The topological polar surface area (TPSA) is 98.7 Å². The monoisotopic (exact) mass is 386 g/mol. The molecule has 4 rings (SSSR count). The number of benzene rings is 2. The van der Waals surface area contributed by atoms with Gasteiger partial charge in [0, 0.05) is 17.2 Å². The number of hydrogen-bond acceptors (Lipinski definition) is 6. The van der Waals surface area contributed by atoms with Crippen LogP contribution in [0.2, 0.25) is 5.02 Å². The van der Waals surface area contributed by atoms with Crippen LogP contribution >= 0.6 is 23.4 Å². The summed E-state index contributed by atoms with van der Waals surface area (Å²) in [5.74, 6) is -1.17. The van der Waals surface area contributed by atoms with E-state index in [1.807, 2.05) is 24.3 Å². The fourth-order valence-electron chi connectivity index (χ4n) is 2.44. The summed E-state index contributed by atoms with van der Waals surface area (Å²) in [5, 5.41) is 16.7. The fraction of sp³-hybridized carbons (Fsp3) is 0.0588. The molecule has 0 fully saturated rings. The number of hydrogen-bond donors (Lipinski definition) is 1. The Bertz CT molecular complexity index is 1060. The van der Waals surface area contributed by atoms with Crippen molar-refractivity contribution in [1.82, 2.24) is 15.2 Å². The molecule has 0 radical (unpaired) electrons. The molecule has 7 nitrogen and oxygen atoms in total. The number of aromatic nitrogens is 4. The molecule has 1 N–H and O–H groups in total. The van der Waals surface area contributed by atoms with Crippen LogP contribution in [0, 0.1) is 0 Å². The van der Waals surface area contributed by atoms with E-state index < -0.39 is 11.7 Å². The Morgan fingerprint density at radius 1 is 1.23 bits per heavy atom. The predicted molar refractivity (Wildman–Crippen MR) is 93.6 cm³/mol. The molecule has 0 saturated heterocycles. The number of aromatic amines is 1. The molecule has 4 aromatic rings. The first-order chi connectivity index (χ1) is 12.6. The number of para-hydroxylation sites is 2. The molecule has 0 aliphatic rings. The summed E-state index contributed by atoms with van der Waals surface area (Å²) in [4.78, 5) is 20.1. The van der Waals surface area contributed by atoms with Gasteiger partial charge in [-0.1, -0.05) is 35.5 Å². The first-order valence-electron chi connectivity index (χ1n) is 7.57. The number of carbonyl (C=O) groups is 1. The van der Waals surface area contributed by atoms with Crippen LogP contribution in [-0.4, -0.2) is 26.8 Å². The Hall–Kier alpha value is -2.84. The van der Waals surface area contributed by atoms with Crippen molar-refractivity contribution in [2.75, 3.05) is 5.75 Å². The van der Waals surface area contributed by atoms with Crippen molar-refractivity contribution in [3.8, 4) is 11.6 Å². The lowest BCUT2D eigenvalue weighted by Crippen LogP contribution is -2.39. The quantitative estimate of drug-likeness (QED) is 0.321. The number of ketones is 1. The van der Waals surface area contributed by atoms with E-state index in [1.54, 1.807) is 24.3 Å². The lowest BCUT2D eigenvalue weighted by Gasteiger charge is -1.98. The van der Waals surface area contributed by atoms with Gasteiger partial charge in [-0.15, -0.1) is 0 Å². The second kappa shape index (κ2) is 6.81. The van der Waals surface area contributed by atoms with Gasteiger partial charge in [-0.3, -0.25) is 4.79 Å². The maximum atomic E-state index is 12.6. The summed E-state index contributed by atoms with van der Waals surface area (Å²) in [6.07, 6.45) is 0. The normalized spacial score (nSPS) is 11.1. The number of rotatable bonds is 5. The van der Waals surface area contributed by atoms with Crippen molar-refractivity contribution >= 4 is 40.2 Å². The van der Waals surface area contributed by atoms with Gasteiger partial charge in [-0.2, -0.15) is 0 Å². The van der Waals surface area contributed by atoms with Crippen molar-refractivity contribution in [2.24, 2.45) is 0 Å². The summed E-state index contributed by atoms with van der Waals surface area (Å²) >= 11 is 7.07. The summed E-state index contributed by atoms with van der Waals surface area (Å²) in [6, 6.07) is 14.1. The third-order valence-electron chi connectivity index (χ3n) is 3.65. The number of thioether (sulfide) groups is 1. The molecule has 9 heteroatoms. The molecule has 0 saturated carbocycles. The molecule has 130 valence electrons. The van der Waals surface area contributed by atoms with Gasteiger partial charge in [-0.25, -0.2) is 4.98 Å². The largest absolute Gasteiger partial charge is 0.539 e. The van der Waals surface area contributed by atoms with Crippen molar-refractivity contribution < 1.29 is 19.1 Å². The Balaban J connectivity index is 1.56. The highest BCUT2D eigenvalue weighted by Gasteiger charge is 2.27. The molecule has 2 heterocycles. The van der Waals surface area contributed by atoms with Gasteiger partial charge in [-0.05, 0) is 28.9 Å². The molecule has 2 aromatic heterocycles. The van der Waals surface area contributed by atoms with Gasteiger partial charge < -0.3 is 14.6 Å². The zero-order valence-electron chi connectivity index (χ0n) is 13.2. The van der Waals surface area contributed by atoms with Crippen molar-refractivity contribution in [3.05, 3.63) is 59.2 Å². The standard InChI is InChI=1S/C17H11ClN4O3S/c18-10-5-7-11(8-6-10)22-15(16(24)25-21-22)14(23)9-26-17-19-12-3-1-2-4-13(12)20-17/h1-8H,9H2,(H-,19,20,21,23,24). The van der Waals surface area contributed by atoms with Crippen LogP contribution in [0.5, 0.6) is 5.95 Å². The van der Waals surface area contributed by atoms with E-state index in [9.17, 15) is 9.90 Å². The van der Waals surface area contributed by atoms with Gasteiger partial charge in [0.05, 0.1) is 22.1 Å². The van der Waals surface area contributed by atoms with Crippen molar-refractivity contribution in [2.45, 2.75) is 5.16 Å². The zero-order chi connectivity index (χ0) is 18.1. The van der Waals surface area contributed by atoms with E-state index in [2.05, 4.69) is 19.8 Å². The minimum Gasteiger partial charge on any atom is -0.539 e. The van der Waals surface area contributed by atoms with E-state index in [1.165, 1.54) is 16.4 Å². The van der Waals surface area contributed by atoms with Crippen LogP contribution in [0.3, 0.4) is 0 Å². The number of halogens is 1. The number of imidazole rings is 1. The maximum absolute atomic E-state index is 12.6. The molecule has 26 heavy (non-hydrogen) atoms. The van der Waals surface area contributed by atoms with Gasteiger partial charge in [0.15, 0.2) is 11.1 Å². The average Bonchev–Trinajstić information content (AvgIpc) is 3.23. The third-order valence-corrected chi connectivity index (χ3v) is 4.78. The van der Waals surface area contributed by atoms with Crippen LogP contribution in [0.15, 0.2) is 58.2 Å². The zero-order valence-corrected chi connectivity index (χ0v) is 14.8. The number of carbonyl (C=O) groups excluding carboxylic acids is 1. The molecule has 2 aromatic carbocycles. The molecule has 0 aliphatic heterocycles. The van der Waals surface area contributed by atoms with Gasteiger partial charge in [0.25, 0.3) is 0 Å². The Morgan fingerprint density at radius 3 is 2.77 bits per heavy atom. The number of nitrogens with one attached hydrogen (secondary N) is 1. The van der Waals surface area contributed by atoms with Crippen molar-refractivity contribution in [1.29, 1.82) is 0 Å². The Morgan fingerprint density at radius 2 is 2.00 bits per heavy atom. The van der Waals surface area contributed by atoms with Crippen molar-refractivity contribution in [3.63, 3.8) is 0 Å². The minimum absolute atomic E-state index is 0.0177. The summed E-state index contributed by atoms with van der Waals surface area (Å²) < 4.78 is 5.85. The summed E-state index contributed by atoms with van der Waals surface area (Å²) in [6.45, 7) is 0. The second-order valence-electron chi connectivity index (χ2n) is 5.37. The molecule has 0 aliphatic carbocycles. The predicted octanol–water partition coefficient (Wildman–Crippen LogP) is 2.53. The summed E-state index contributed by atoms with van der Waals surface area (Å²) in [5.41, 5.74) is 2.06. The molecular weight excluding hydrogens is 376 g/mol. The second-order valence-corrected chi connectivity index (χ2v) is 6.77. The van der Waals surface area contributed by atoms with E-state index >= 15 is 0 Å². The molecule has 0 spiro atoms. The van der Waals surface area contributed by atoms with E-state index in [4.69, 9.17) is 11.6 Å². The highest BCUT2D eigenvalue weighted by molar-refractivity contribution is 7.99. The van der Waals surface area contributed by atoms with Crippen LogP contribution < -0.4 is 9.79 Å². The first-order valence-corrected chi connectivity index (χ1v) is 8.94. The highest BCUT2D eigenvalue weighted by Crippen LogP contribution is 2.21. The summed E-state index contributed by atoms with van der Waals surface area (Å²) in [7, 11) is 0. The van der Waals surface area contributed by atoms with Crippen LogP contribution in [0.4, 0.5) is 0 Å². The number of H-pyrrole nitrogens is 1. The minimum atomic E-state index is -0.782. The van der Waals surface area contributed by atoms with E-state index in [0.29, 0.717) is 15.9 Å². The molecule has 0 amide bonds. The van der Waals surface area contributed by atoms with Gasteiger partial charge in [0.2, 0.25) is 11.5 Å². The number of Topliss-reactive ketones (excluding diaryl/α,β-unsaturated/α-hetero) is 1. The number of fused-ring (bicyclic) bond motifs is 1. The molecule has 0 bridgehead atoms. The smallest absolute Gasteiger partial charge is 0.307 e. The number of nitrogens with zero attached hydrogens (tertiary/aromatic N) is 3. The molecule has 0 unspecified atom stereocenters. The molecular formula is C17H11ClN4O3S. The van der Waals surface area contributed by atoms with E-state index in [-0.39, 0.29) is 11.4 Å². The average molecular weight is 387 g/mol. The Kier molecular flexibility index (Phi) is 4.36. The molecule has 0 atom stereocenters. The maximum Gasteiger partial charge on any atom is 0.307 e. The van der Waals surface area contributed by atoms with E-state index in [0.717, 1.165) is 11.0 Å². The van der Waals surface area contributed by atoms with Crippen LogP contribution in [-0.2, 0) is 0 Å². The lowest BCUT2D eigenvalue weighted by molar-refractivity contribution is -0.672. The first kappa shape index (κ1) is 16.6. The lowest BCUT2D eigenvalue weighted by atomic mass is 10.3. The van der Waals surface area contributed by atoms with Gasteiger partial charge >= 0.3 is 5.69 Å². The van der Waals surface area contributed by atoms with Crippen LogP contribution in [0.1, 0.15) is 10.5 Å². The Labute approximate surface area is 156 Å². The third kappa shape index (κ3) is 3.16. The highest BCUT2D eigenvalue weighted by atomic mass is 35.5. The SMILES string of the molecule is O=C(CSc1nc2ccccc2[nH]1)c1c([O-])on[n+]1-c1ccc(Cl)cc1. The van der Waals surface area contributed by atoms with Gasteiger partial charge in [0.1, 0.15) is 0 Å². The van der Waals surface area contributed by atoms with Crippen LogP contribution in [0.25, 0.3) is 16.7 Å².